The van der Waals surface area contributed by atoms with Crippen molar-refractivity contribution in [1.82, 2.24) is 24.6 Å². The van der Waals surface area contributed by atoms with E-state index in [0.717, 1.165) is 49.1 Å². The van der Waals surface area contributed by atoms with E-state index in [2.05, 4.69) is 19.7 Å². The predicted octanol–water partition coefficient (Wildman–Crippen LogP) is 3.50. The Morgan fingerprint density at radius 2 is 1.75 bits per heavy atom. The van der Waals surface area contributed by atoms with Crippen LogP contribution in [0.4, 0.5) is 22.4 Å². The third-order valence-electron chi connectivity index (χ3n) is 6.80. The van der Waals surface area contributed by atoms with Crippen molar-refractivity contribution in [3.8, 4) is 11.4 Å². The van der Waals surface area contributed by atoms with Gasteiger partial charge in [-0.15, -0.1) is 10.2 Å². The molecule has 3 heterocycles. The van der Waals surface area contributed by atoms with Gasteiger partial charge < -0.3 is 19.3 Å². The minimum Gasteiger partial charge on any atom is -0.475 e. The predicted molar refractivity (Wildman–Crippen MR) is 118 cm³/mol. The molecule has 1 aromatic heterocycles. The molecule has 2 fully saturated rings. The molecule has 13 heteroatoms. The number of halogens is 4. The average Bonchev–Trinajstić information content (AvgIpc) is 3.55. The first-order valence-electron chi connectivity index (χ1n) is 11.6. The van der Waals surface area contributed by atoms with E-state index >= 15 is 0 Å². The highest BCUT2D eigenvalue weighted by Gasteiger charge is 2.46. The van der Waals surface area contributed by atoms with Gasteiger partial charge in [-0.3, -0.25) is 4.90 Å². The number of methoxy groups -OCH3 is 1. The first kappa shape index (κ1) is 25.9. The maximum Gasteiger partial charge on any atom is 0.490 e. The van der Waals surface area contributed by atoms with Crippen LogP contribution in [-0.2, 0) is 21.6 Å². The molecule has 0 bridgehead atoms. The minimum atomic E-state index is -5.08. The van der Waals surface area contributed by atoms with Crippen LogP contribution in [0.1, 0.15) is 31.5 Å². The second kappa shape index (κ2) is 10.0. The Balaban J connectivity index is 0.000000384. The molecule has 2 aromatic rings. The molecular weight excluding hydrogens is 486 g/mol. The highest BCUT2D eigenvalue weighted by Crippen LogP contribution is 2.40. The number of carbonyl (C=O) groups excluding carboxylic acids is 1. The molecule has 1 aromatic carbocycles. The van der Waals surface area contributed by atoms with Crippen molar-refractivity contribution in [3.63, 3.8) is 0 Å². The second-order valence-corrected chi connectivity index (χ2v) is 9.38. The number of hydrogen-bond donors (Lipinski definition) is 1. The number of amides is 1. The van der Waals surface area contributed by atoms with Gasteiger partial charge in [0.15, 0.2) is 11.6 Å². The number of piperidine rings is 1. The number of alkyl halides is 3. The summed E-state index contributed by atoms with van der Waals surface area (Å²) in [6.07, 6.45) is -0.870. The van der Waals surface area contributed by atoms with Crippen LogP contribution < -0.4 is 0 Å². The quantitative estimate of drug-likeness (QED) is 0.627. The van der Waals surface area contributed by atoms with Crippen LogP contribution in [0.5, 0.6) is 0 Å². The van der Waals surface area contributed by atoms with E-state index in [4.69, 9.17) is 14.6 Å². The van der Waals surface area contributed by atoms with Crippen molar-refractivity contribution in [2.24, 2.45) is 5.92 Å². The third-order valence-corrected chi connectivity index (χ3v) is 6.80. The lowest BCUT2D eigenvalue weighted by atomic mass is 9.84. The van der Waals surface area contributed by atoms with E-state index in [9.17, 15) is 22.4 Å². The number of carboxylic acids is 1. The summed E-state index contributed by atoms with van der Waals surface area (Å²) >= 11 is 0. The Labute approximate surface area is 204 Å². The molecule has 9 nitrogen and oxygen atoms in total. The maximum atomic E-state index is 13.4. The van der Waals surface area contributed by atoms with E-state index in [1.165, 1.54) is 38.6 Å². The highest BCUT2D eigenvalue weighted by atomic mass is 19.4. The molecule has 1 N–H and O–H groups in total. The molecule has 1 spiro atoms. The molecule has 1 saturated carbocycles. The maximum absolute atomic E-state index is 13.4. The SMILES string of the molecule is COC(=O)N1Cc2nnc(-c3ccc(F)cc3)n2C2(CCN(CC3CC3)CC2)C1.O=C(O)C(F)(F)F. The molecule has 1 saturated heterocycles. The lowest BCUT2D eigenvalue weighted by Crippen LogP contribution is -2.57. The van der Waals surface area contributed by atoms with Gasteiger partial charge in [-0.05, 0) is 55.9 Å². The van der Waals surface area contributed by atoms with E-state index in [1.807, 2.05) is 0 Å². The fraction of sp³-hybridized carbons (Fsp3) is 0.565. The fourth-order valence-electron chi connectivity index (χ4n) is 4.81. The first-order valence-corrected chi connectivity index (χ1v) is 11.6. The topological polar surface area (TPSA) is 101 Å². The zero-order valence-electron chi connectivity index (χ0n) is 19.7. The van der Waals surface area contributed by atoms with Gasteiger partial charge in [0.2, 0.25) is 0 Å². The zero-order chi connectivity index (χ0) is 26.1. The van der Waals surface area contributed by atoms with Crippen LogP contribution in [0, 0.1) is 11.7 Å². The lowest BCUT2D eigenvalue weighted by Gasteiger charge is -2.48. The molecule has 1 aliphatic carbocycles. The van der Waals surface area contributed by atoms with Crippen molar-refractivity contribution in [2.45, 2.75) is 43.9 Å². The summed E-state index contributed by atoms with van der Waals surface area (Å²) in [6.45, 7) is 4.11. The van der Waals surface area contributed by atoms with E-state index in [0.29, 0.717) is 13.1 Å². The largest absolute Gasteiger partial charge is 0.490 e. The van der Waals surface area contributed by atoms with Crippen LogP contribution >= 0.6 is 0 Å². The number of ether oxygens (including phenoxy) is 1. The number of carbonyl (C=O) groups is 2. The normalized spacial score (nSPS) is 19.3. The van der Waals surface area contributed by atoms with Crippen LogP contribution in [0.3, 0.4) is 0 Å². The number of nitrogens with zero attached hydrogens (tertiary/aromatic N) is 5. The number of rotatable bonds is 3. The van der Waals surface area contributed by atoms with E-state index in [1.54, 1.807) is 17.0 Å². The van der Waals surface area contributed by atoms with Gasteiger partial charge in [-0.2, -0.15) is 13.2 Å². The smallest absolute Gasteiger partial charge is 0.475 e. The van der Waals surface area contributed by atoms with Gasteiger partial charge in [-0.1, -0.05) is 0 Å². The van der Waals surface area contributed by atoms with E-state index < -0.39 is 12.1 Å². The summed E-state index contributed by atoms with van der Waals surface area (Å²) in [6, 6.07) is 6.39. The molecule has 3 aliphatic rings. The highest BCUT2D eigenvalue weighted by molar-refractivity contribution is 5.73. The van der Waals surface area contributed by atoms with Crippen LogP contribution in [0.2, 0.25) is 0 Å². The van der Waals surface area contributed by atoms with Gasteiger partial charge in [0, 0.05) is 31.7 Å². The summed E-state index contributed by atoms with van der Waals surface area (Å²) in [4.78, 5) is 25.5. The number of carboxylic acid groups (broad SMARTS) is 1. The van der Waals surface area contributed by atoms with Gasteiger partial charge >= 0.3 is 18.2 Å². The summed E-state index contributed by atoms with van der Waals surface area (Å²) < 4.78 is 52.4. The average molecular weight is 513 g/mol. The van der Waals surface area contributed by atoms with Gasteiger partial charge in [0.05, 0.1) is 19.2 Å². The molecule has 5 rings (SSSR count). The summed E-state index contributed by atoms with van der Waals surface area (Å²) in [7, 11) is 1.41. The first-order chi connectivity index (χ1) is 17.0. The Morgan fingerprint density at radius 1 is 1.14 bits per heavy atom. The van der Waals surface area contributed by atoms with Crippen LogP contribution in [-0.4, -0.2) is 81.2 Å². The molecule has 2 aliphatic heterocycles. The molecule has 1 amide bonds. The number of likely N-dealkylation sites (tertiary alicyclic amines) is 1. The minimum absolute atomic E-state index is 0.269. The molecule has 0 unspecified atom stereocenters. The van der Waals surface area contributed by atoms with Crippen molar-refractivity contribution in [3.05, 3.63) is 35.9 Å². The van der Waals surface area contributed by atoms with Crippen molar-refractivity contribution < 1.29 is 37.0 Å². The zero-order valence-corrected chi connectivity index (χ0v) is 19.7. The Hall–Kier alpha value is -3.22. The number of benzene rings is 1. The third kappa shape index (κ3) is 5.61. The molecule has 0 radical (unpaired) electrons. The monoisotopic (exact) mass is 513 g/mol. The Kier molecular flexibility index (Phi) is 7.21. The number of hydrogen-bond acceptors (Lipinski definition) is 6. The number of aromatic nitrogens is 3. The fourth-order valence-corrected chi connectivity index (χ4v) is 4.81. The molecule has 196 valence electrons. The van der Waals surface area contributed by atoms with Crippen LogP contribution in [0.15, 0.2) is 24.3 Å². The van der Waals surface area contributed by atoms with Crippen LogP contribution in [0.25, 0.3) is 11.4 Å². The number of aliphatic carboxylic acids is 1. The summed E-state index contributed by atoms with van der Waals surface area (Å²) in [5.74, 6) is -0.654. The van der Waals surface area contributed by atoms with Crippen molar-refractivity contribution in [1.29, 1.82) is 0 Å². The van der Waals surface area contributed by atoms with Crippen molar-refractivity contribution >= 4 is 12.1 Å². The van der Waals surface area contributed by atoms with Crippen molar-refractivity contribution in [2.75, 3.05) is 33.3 Å². The standard InChI is InChI=1S/C21H26FN5O2.C2HF3O2/c1-29-20(28)26-13-18-23-24-19(16-4-6-17(22)7-5-16)27(18)21(14-26)8-10-25(11-9-21)12-15-2-3-15;3-2(4,5)1(6)7/h4-7,15H,2-3,8-14H2,1H3;(H,6,7). The molecule has 0 atom stereocenters. The van der Waals surface area contributed by atoms with Gasteiger partial charge in [0.25, 0.3) is 0 Å². The second-order valence-electron chi connectivity index (χ2n) is 9.38. The van der Waals surface area contributed by atoms with Gasteiger partial charge in [0.1, 0.15) is 5.82 Å². The van der Waals surface area contributed by atoms with Gasteiger partial charge in [-0.25, -0.2) is 14.0 Å². The Morgan fingerprint density at radius 3 is 2.28 bits per heavy atom. The molecular formula is C23H27F4N5O4. The number of fused-ring (bicyclic) bond motifs is 2. The molecule has 36 heavy (non-hydrogen) atoms. The summed E-state index contributed by atoms with van der Waals surface area (Å²) in [5.41, 5.74) is 0.575. The Bertz CT molecular complexity index is 1090. The van der Waals surface area contributed by atoms with E-state index in [-0.39, 0.29) is 17.4 Å². The summed E-state index contributed by atoms with van der Waals surface area (Å²) in [5, 5.41) is 16.0. The lowest BCUT2D eigenvalue weighted by molar-refractivity contribution is -0.192.